The van der Waals surface area contributed by atoms with E-state index in [-0.39, 0.29) is 12.0 Å². The first-order chi connectivity index (χ1) is 12.0. The lowest BCUT2D eigenvalue weighted by Crippen LogP contribution is -2.49. The Morgan fingerprint density at radius 3 is 2.60 bits per heavy atom. The molecule has 2 aromatic rings. The molecule has 0 bridgehead atoms. The first-order valence-electron chi connectivity index (χ1n) is 8.63. The number of amides is 1. The summed E-state index contributed by atoms with van der Waals surface area (Å²) in [6.45, 7) is 8.79. The second-order valence-corrected chi connectivity index (χ2v) is 6.50. The molecule has 6 heteroatoms. The minimum absolute atomic E-state index is 0.0308. The number of aromatic nitrogens is 2. The summed E-state index contributed by atoms with van der Waals surface area (Å²) in [5, 5.41) is 0. The van der Waals surface area contributed by atoms with Crippen molar-refractivity contribution in [3.63, 3.8) is 0 Å². The van der Waals surface area contributed by atoms with Gasteiger partial charge in [0.05, 0.1) is 6.10 Å². The minimum atomic E-state index is -0.0499. The van der Waals surface area contributed by atoms with Crippen LogP contribution in [0.15, 0.2) is 36.5 Å². The van der Waals surface area contributed by atoms with Crippen LogP contribution in [0.4, 0.5) is 5.82 Å². The summed E-state index contributed by atoms with van der Waals surface area (Å²) in [6, 6.07) is 9.39. The molecule has 0 radical (unpaired) electrons. The van der Waals surface area contributed by atoms with Crippen molar-refractivity contribution in [2.45, 2.75) is 26.9 Å². The van der Waals surface area contributed by atoms with Crippen molar-refractivity contribution >= 4 is 11.7 Å². The number of hydrogen-bond acceptors (Lipinski definition) is 5. The van der Waals surface area contributed by atoms with E-state index in [0.29, 0.717) is 24.7 Å². The molecule has 1 aliphatic rings. The molecule has 3 rings (SSSR count). The van der Waals surface area contributed by atoms with Gasteiger partial charge in [0.15, 0.2) is 0 Å². The number of anilines is 1. The topological polar surface area (TPSA) is 58.6 Å². The molecule has 132 valence electrons. The van der Waals surface area contributed by atoms with Crippen LogP contribution in [0, 0.1) is 6.92 Å². The van der Waals surface area contributed by atoms with Gasteiger partial charge in [-0.3, -0.25) is 4.79 Å². The number of pyridine rings is 2. The Bertz CT molecular complexity index is 740. The van der Waals surface area contributed by atoms with Crippen LogP contribution >= 0.6 is 0 Å². The normalized spacial score (nSPS) is 14.7. The van der Waals surface area contributed by atoms with Gasteiger partial charge in [-0.2, -0.15) is 0 Å². The summed E-state index contributed by atoms with van der Waals surface area (Å²) >= 11 is 0. The molecule has 0 saturated carbocycles. The van der Waals surface area contributed by atoms with Crippen LogP contribution in [0.2, 0.25) is 0 Å². The van der Waals surface area contributed by atoms with E-state index in [1.165, 1.54) is 5.56 Å². The van der Waals surface area contributed by atoms with Crippen LogP contribution in [-0.4, -0.2) is 53.1 Å². The van der Waals surface area contributed by atoms with Crippen molar-refractivity contribution < 1.29 is 9.53 Å². The molecule has 1 fully saturated rings. The summed E-state index contributed by atoms with van der Waals surface area (Å²) in [7, 11) is 0. The predicted octanol–water partition coefficient (Wildman–Crippen LogP) is 2.53. The molecule has 0 N–H and O–H groups in total. The van der Waals surface area contributed by atoms with Crippen molar-refractivity contribution in [1.29, 1.82) is 0 Å². The molecule has 0 atom stereocenters. The van der Waals surface area contributed by atoms with Crippen molar-refractivity contribution in [2.24, 2.45) is 0 Å². The number of carbonyl (C=O) groups is 1. The first kappa shape index (κ1) is 17.2. The Balaban J connectivity index is 1.63. The Hall–Kier alpha value is -2.63. The summed E-state index contributed by atoms with van der Waals surface area (Å²) in [5.41, 5.74) is 1.62. The quantitative estimate of drug-likeness (QED) is 0.856. The molecule has 2 aromatic heterocycles. The average Bonchev–Trinajstić information content (AvgIpc) is 2.61. The van der Waals surface area contributed by atoms with Gasteiger partial charge in [0.2, 0.25) is 5.88 Å². The highest BCUT2D eigenvalue weighted by Crippen LogP contribution is 2.17. The number of carbonyl (C=O) groups excluding carboxylic acids is 1. The molecule has 3 heterocycles. The van der Waals surface area contributed by atoms with Gasteiger partial charge in [-0.15, -0.1) is 0 Å². The lowest BCUT2D eigenvalue weighted by molar-refractivity contribution is 0.0738. The Morgan fingerprint density at radius 1 is 1.16 bits per heavy atom. The van der Waals surface area contributed by atoms with Crippen LogP contribution in [0.1, 0.15) is 29.9 Å². The number of aryl methyl sites for hydroxylation is 1. The Morgan fingerprint density at radius 2 is 1.92 bits per heavy atom. The van der Waals surface area contributed by atoms with Crippen LogP contribution < -0.4 is 9.64 Å². The standard InChI is InChI=1S/C19H24N4O2/c1-14(2)25-18-6-4-5-16(21-18)19(24)23-11-9-22(10-12-23)17-13-15(3)7-8-20-17/h4-8,13-14H,9-12H2,1-3H3. The molecule has 1 saturated heterocycles. The molecule has 0 aromatic carbocycles. The summed E-state index contributed by atoms with van der Waals surface area (Å²) in [4.78, 5) is 25.5. The maximum absolute atomic E-state index is 12.7. The van der Waals surface area contributed by atoms with E-state index in [9.17, 15) is 4.79 Å². The van der Waals surface area contributed by atoms with Gasteiger partial charge >= 0.3 is 0 Å². The second-order valence-electron chi connectivity index (χ2n) is 6.50. The number of rotatable bonds is 4. The molecule has 6 nitrogen and oxygen atoms in total. The largest absolute Gasteiger partial charge is 0.475 e. The zero-order valence-corrected chi connectivity index (χ0v) is 15.0. The van der Waals surface area contributed by atoms with Gasteiger partial charge in [-0.25, -0.2) is 9.97 Å². The van der Waals surface area contributed by atoms with Gasteiger partial charge in [0, 0.05) is 38.4 Å². The highest BCUT2D eigenvalue weighted by molar-refractivity contribution is 5.92. The van der Waals surface area contributed by atoms with E-state index in [0.717, 1.165) is 18.9 Å². The van der Waals surface area contributed by atoms with Gasteiger partial charge < -0.3 is 14.5 Å². The minimum Gasteiger partial charge on any atom is -0.475 e. The first-order valence-corrected chi connectivity index (χ1v) is 8.63. The fourth-order valence-electron chi connectivity index (χ4n) is 2.83. The monoisotopic (exact) mass is 340 g/mol. The zero-order chi connectivity index (χ0) is 17.8. The van der Waals surface area contributed by atoms with Gasteiger partial charge in [-0.1, -0.05) is 6.07 Å². The van der Waals surface area contributed by atoms with Gasteiger partial charge in [0.25, 0.3) is 5.91 Å². The number of ether oxygens (including phenoxy) is 1. The second kappa shape index (κ2) is 7.51. The zero-order valence-electron chi connectivity index (χ0n) is 15.0. The van der Waals surface area contributed by atoms with E-state index < -0.39 is 0 Å². The third-order valence-corrected chi connectivity index (χ3v) is 4.09. The van der Waals surface area contributed by atoms with E-state index in [1.54, 1.807) is 12.1 Å². The van der Waals surface area contributed by atoms with Crippen molar-refractivity contribution in [1.82, 2.24) is 14.9 Å². The average molecular weight is 340 g/mol. The third kappa shape index (κ3) is 4.26. The Labute approximate surface area is 148 Å². The van der Waals surface area contributed by atoms with Crippen LogP contribution in [-0.2, 0) is 0 Å². The van der Waals surface area contributed by atoms with Gasteiger partial charge in [-0.05, 0) is 44.5 Å². The van der Waals surface area contributed by atoms with Crippen LogP contribution in [0.3, 0.4) is 0 Å². The van der Waals surface area contributed by atoms with E-state index in [4.69, 9.17) is 4.74 Å². The highest BCUT2D eigenvalue weighted by Gasteiger charge is 2.24. The van der Waals surface area contributed by atoms with Crippen molar-refractivity contribution in [2.75, 3.05) is 31.1 Å². The summed E-state index contributed by atoms with van der Waals surface area (Å²) in [5.74, 6) is 1.41. The number of hydrogen-bond donors (Lipinski definition) is 0. The summed E-state index contributed by atoms with van der Waals surface area (Å²) < 4.78 is 5.58. The molecule has 1 aliphatic heterocycles. The third-order valence-electron chi connectivity index (χ3n) is 4.09. The smallest absolute Gasteiger partial charge is 0.272 e. The molecule has 0 aliphatic carbocycles. The predicted molar refractivity (Wildman–Crippen MR) is 97.1 cm³/mol. The van der Waals surface area contributed by atoms with E-state index in [2.05, 4.69) is 27.9 Å². The van der Waals surface area contributed by atoms with Crippen molar-refractivity contribution in [3.8, 4) is 5.88 Å². The number of nitrogens with zero attached hydrogens (tertiary/aromatic N) is 4. The fourth-order valence-corrected chi connectivity index (χ4v) is 2.83. The van der Waals surface area contributed by atoms with E-state index in [1.807, 2.05) is 37.1 Å². The fraction of sp³-hybridized carbons (Fsp3) is 0.421. The molecule has 25 heavy (non-hydrogen) atoms. The maximum Gasteiger partial charge on any atom is 0.272 e. The molecular weight excluding hydrogens is 316 g/mol. The van der Waals surface area contributed by atoms with E-state index >= 15 is 0 Å². The SMILES string of the molecule is Cc1ccnc(N2CCN(C(=O)c3cccc(OC(C)C)n3)CC2)c1. The molecule has 1 amide bonds. The van der Waals surface area contributed by atoms with Crippen molar-refractivity contribution in [3.05, 3.63) is 47.8 Å². The summed E-state index contributed by atoms with van der Waals surface area (Å²) in [6.07, 6.45) is 1.86. The lowest BCUT2D eigenvalue weighted by atomic mass is 10.2. The lowest BCUT2D eigenvalue weighted by Gasteiger charge is -2.35. The number of piperazine rings is 1. The van der Waals surface area contributed by atoms with Crippen LogP contribution in [0.5, 0.6) is 5.88 Å². The molecular formula is C19H24N4O2. The van der Waals surface area contributed by atoms with Gasteiger partial charge in [0.1, 0.15) is 11.5 Å². The molecule has 0 spiro atoms. The molecule has 0 unspecified atom stereocenters. The van der Waals surface area contributed by atoms with Crippen LogP contribution in [0.25, 0.3) is 0 Å². The highest BCUT2D eigenvalue weighted by atomic mass is 16.5. The maximum atomic E-state index is 12.7. The Kier molecular flexibility index (Phi) is 5.16.